The molecule has 1 atom stereocenters. The van der Waals surface area contributed by atoms with Gasteiger partial charge in [-0.05, 0) is 36.6 Å². The summed E-state index contributed by atoms with van der Waals surface area (Å²) in [6, 6.07) is 9.27. The van der Waals surface area contributed by atoms with Gasteiger partial charge in [0, 0.05) is 32.0 Å². The monoisotopic (exact) mass is 383 g/mol. The van der Waals surface area contributed by atoms with Crippen LogP contribution in [-0.4, -0.2) is 42.1 Å². The van der Waals surface area contributed by atoms with Crippen LogP contribution in [0.2, 0.25) is 0 Å². The van der Waals surface area contributed by atoms with Gasteiger partial charge in [0.25, 0.3) is 5.91 Å². The smallest absolute Gasteiger partial charge is 0.272 e. The normalized spacial score (nSPS) is 16.3. The van der Waals surface area contributed by atoms with Crippen molar-refractivity contribution in [3.8, 4) is 0 Å². The topological polar surface area (TPSA) is 79.6 Å². The number of carbonyl (C=O) groups excluding carboxylic acids is 1. The van der Waals surface area contributed by atoms with E-state index in [9.17, 15) is 9.00 Å². The van der Waals surface area contributed by atoms with E-state index in [0.29, 0.717) is 12.2 Å². The van der Waals surface area contributed by atoms with Crippen molar-refractivity contribution in [2.24, 2.45) is 0 Å². The molecule has 7 nitrogen and oxygen atoms in total. The number of rotatable bonds is 5. The molecule has 0 radical (unpaired) electrons. The quantitative estimate of drug-likeness (QED) is 0.732. The molecule has 1 fully saturated rings. The van der Waals surface area contributed by atoms with E-state index in [2.05, 4.69) is 15.4 Å². The van der Waals surface area contributed by atoms with Gasteiger partial charge in [-0.2, -0.15) is 5.10 Å². The third-order valence-corrected chi connectivity index (χ3v) is 6.14. The second-order valence-electron chi connectivity index (χ2n) is 6.54. The maximum absolute atomic E-state index is 12.6. The Morgan fingerprint density at radius 3 is 2.67 bits per heavy atom. The number of hydrogen-bond acceptors (Lipinski definition) is 4. The first kappa shape index (κ1) is 17.8. The molecule has 3 aromatic rings. The van der Waals surface area contributed by atoms with Crippen LogP contribution >= 0.6 is 0 Å². The van der Waals surface area contributed by atoms with Crippen LogP contribution in [-0.2, 0) is 17.5 Å². The molecular formula is C19H21N5O2S. The fourth-order valence-corrected chi connectivity index (χ4v) is 4.39. The number of benzene rings is 1. The number of nitrogens with one attached hydrogen (secondary N) is 1. The lowest BCUT2D eigenvalue weighted by molar-refractivity contribution is 0.0945. The van der Waals surface area contributed by atoms with E-state index >= 15 is 0 Å². The summed E-state index contributed by atoms with van der Waals surface area (Å²) in [4.78, 5) is 17.1. The fraction of sp³-hybridized carbons (Fsp3) is 0.316. The number of hydrogen-bond donors (Lipinski definition) is 1. The van der Waals surface area contributed by atoms with Crippen molar-refractivity contribution < 1.29 is 9.00 Å². The van der Waals surface area contributed by atoms with Gasteiger partial charge in [0.15, 0.2) is 5.69 Å². The van der Waals surface area contributed by atoms with Gasteiger partial charge < -0.3 is 5.32 Å². The maximum Gasteiger partial charge on any atom is 0.272 e. The highest BCUT2D eigenvalue weighted by Crippen LogP contribution is 2.17. The van der Waals surface area contributed by atoms with Gasteiger partial charge >= 0.3 is 0 Å². The number of piperidine rings is 1. The summed E-state index contributed by atoms with van der Waals surface area (Å²) in [5.41, 5.74) is 2.08. The van der Waals surface area contributed by atoms with Gasteiger partial charge in [-0.25, -0.2) is 13.0 Å². The minimum atomic E-state index is -1.10. The standard InChI is InChI=1S/C19H21N5O2S/c25-19(18-12-16-14-20-8-11-24(16)22-18)21-13-15-4-6-17(7-5-15)27(26)23-9-2-1-3-10-23/h4-8,11-12,14H,1-3,9-10,13H2,(H,21,25). The van der Waals surface area contributed by atoms with E-state index in [4.69, 9.17) is 0 Å². The average Bonchev–Trinajstić information content (AvgIpc) is 3.17. The molecule has 0 aliphatic carbocycles. The Labute approximate surface area is 160 Å². The molecule has 8 heteroatoms. The van der Waals surface area contributed by atoms with E-state index in [1.165, 1.54) is 6.42 Å². The van der Waals surface area contributed by atoms with Crippen molar-refractivity contribution in [1.82, 2.24) is 24.2 Å². The molecule has 0 saturated carbocycles. The van der Waals surface area contributed by atoms with E-state index in [0.717, 1.165) is 41.9 Å². The summed E-state index contributed by atoms with van der Waals surface area (Å²) in [5, 5.41) is 7.10. The highest BCUT2D eigenvalue weighted by atomic mass is 32.2. The number of aromatic nitrogens is 3. The highest BCUT2D eigenvalue weighted by molar-refractivity contribution is 7.82. The van der Waals surface area contributed by atoms with Crippen LogP contribution < -0.4 is 5.32 Å². The molecule has 3 heterocycles. The molecule has 27 heavy (non-hydrogen) atoms. The zero-order valence-electron chi connectivity index (χ0n) is 14.9. The van der Waals surface area contributed by atoms with Crippen LogP contribution in [0.25, 0.3) is 5.52 Å². The zero-order chi connectivity index (χ0) is 18.6. The molecule has 1 aromatic carbocycles. The number of amides is 1. The summed E-state index contributed by atoms with van der Waals surface area (Å²) in [7, 11) is -1.10. The average molecular weight is 383 g/mol. The molecule has 2 aromatic heterocycles. The van der Waals surface area contributed by atoms with Crippen molar-refractivity contribution >= 4 is 22.4 Å². The van der Waals surface area contributed by atoms with Gasteiger partial charge in [0.1, 0.15) is 11.0 Å². The van der Waals surface area contributed by atoms with Crippen molar-refractivity contribution in [2.45, 2.75) is 30.7 Å². The Morgan fingerprint density at radius 2 is 1.93 bits per heavy atom. The van der Waals surface area contributed by atoms with E-state index < -0.39 is 11.0 Å². The summed E-state index contributed by atoms with van der Waals surface area (Å²) >= 11 is 0. The number of nitrogens with zero attached hydrogens (tertiary/aromatic N) is 4. The summed E-state index contributed by atoms with van der Waals surface area (Å²) < 4.78 is 16.2. The first-order valence-corrected chi connectivity index (χ1v) is 10.1. The molecule has 0 spiro atoms. The van der Waals surface area contributed by atoms with Crippen LogP contribution in [0.4, 0.5) is 0 Å². The SMILES string of the molecule is O=C(NCc1ccc(S(=O)N2CCCCC2)cc1)c1cc2cnccn2n1. The highest BCUT2D eigenvalue weighted by Gasteiger charge is 2.18. The minimum Gasteiger partial charge on any atom is -0.347 e. The van der Waals surface area contributed by atoms with Crippen LogP contribution in [0.3, 0.4) is 0 Å². The Balaban J connectivity index is 1.36. The van der Waals surface area contributed by atoms with Crippen LogP contribution in [0.1, 0.15) is 35.3 Å². The fourth-order valence-electron chi connectivity index (χ4n) is 3.13. The second kappa shape index (κ2) is 7.98. The number of fused-ring (bicyclic) bond motifs is 1. The third kappa shape index (κ3) is 4.06. The Bertz CT molecular complexity index is 931. The molecule has 140 valence electrons. The van der Waals surface area contributed by atoms with E-state index in [1.54, 1.807) is 29.2 Å². The summed E-state index contributed by atoms with van der Waals surface area (Å²) in [5.74, 6) is -0.236. The summed E-state index contributed by atoms with van der Waals surface area (Å²) in [6.45, 7) is 2.17. The molecule has 1 unspecified atom stereocenters. The minimum absolute atomic E-state index is 0.236. The van der Waals surface area contributed by atoms with Crippen molar-refractivity contribution in [2.75, 3.05) is 13.1 Å². The first-order valence-electron chi connectivity index (χ1n) is 9.04. The van der Waals surface area contributed by atoms with E-state index in [1.807, 2.05) is 28.6 Å². The van der Waals surface area contributed by atoms with Gasteiger partial charge in [0.2, 0.25) is 0 Å². The molecule has 1 saturated heterocycles. The molecule has 4 rings (SSSR count). The maximum atomic E-state index is 12.6. The zero-order valence-corrected chi connectivity index (χ0v) is 15.7. The van der Waals surface area contributed by atoms with Gasteiger partial charge in [-0.15, -0.1) is 0 Å². The molecule has 0 bridgehead atoms. The first-order chi connectivity index (χ1) is 13.2. The molecule has 1 N–H and O–H groups in total. The van der Waals surface area contributed by atoms with Crippen LogP contribution in [0, 0.1) is 0 Å². The van der Waals surface area contributed by atoms with Gasteiger partial charge in [0.05, 0.1) is 16.6 Å². The molecule has 1 amide bonds. The molecule has 1 aliphatic heterocycles. The third-order valence-electron chi connectivity index (χ3n) is 4.63. The lowest BCUT2D eigenvalue weighted by Gasteiger charge is -2.25. The Morgan fingerprint density at radius 1 is 1.15 bits per heavy atom. The molecule has 1 aliphatic rings. The Hall–Kier alpha value is -2.58. The lowest BCUT2D eigenvalue weighted by Crippen LogP contribution is -2.31. The predicted octanol–water partition coefficient (Wildman–Crippen LogP) is 2.17. The van der Waals surface area contributed by atoms with Gasteiger partial charge in [-0.1, -0.05) is 18.6 Å². The van der Waals surface area contributed by atoms with E-state index in [-0.39, 0.29) is 5.91 Å². The van der Waals surface area contributed by atoms with Crippen molar-refractivity contribution in [3.63, 3.8) is 0 Å². The van der Waals surface area contributed by atoms with Crippen LogP contribution in [0.15, 0.2) is 53.8 Å². The number of carbonyl (C=O) groups is 1. The largest absolute Gasteiger partial charge is 0.347 e. The second-order valence-corrected chi connectivity index (χ2v) is 8.03. The Kier molecular flexibility index (Phi) is 5.26. The van der Waals surface area contributed by atoms with Crippen molar-refractivity contribution in [3.05, 3.63) is 60.2 Å². The predicted molar refractivity (Wildman–Crippen MR) is 102 cm³/mol. The lowest BCUT2D eigenvalue weighted by atomic mass is 10.2. The van der Waals surface area contributed by atoms with Crippen molar-refractivity contribution in [1.29, 1.82) is 0 Å². The molecular weight excluding hydrogens is 362 g/mol. The summed E-state index contributed by atoms with van der Waals surface area (Å²) in [6.07, 6.45) is 8.41. The van der Waals surface area contributed by atoms with Crippen LogP contribution in [0.5, 0.6) is 0 Å². The van der Waals surface area contributed by atoms with Gasteiger partial charge in [-0.3, -0.25) is 9.78 Å².